The zero-order valence-electron chi connectivity index (χ0n) is 9.13. The molecule has 2 aliphatic carbocycles. The second kappa shape index (κ2) is 3.49. The Bertz CT molecular complexity index is 212. The molecular formula is C12H22N2. The SMILES string of the molecule is CCC1NC2CCC(C3CC3)CC2N1. The van der Waals surface area contributed by atoms with E-state index in [1.165, 1.54) is 38.5 Å². The Balaban J connectivity index is 1.60. The Morgan fingerprint density at radius 3 is 2.36 bits per heavy atom. The van der Waals surface area contributed by atoms with Crippen molar-refractivity contribution in [2.45, 2.75) is 63.7 Å². The molecule has 0 aromatic rings. The highest BCUT2D eigenvalue weighted by atomic mass is 15.2. The van der Waals surface area contributed by atoms with Gasteiger partial charge in [-0.15, -0.1) is 0 Å². The molecule has 4 atom stereocenters. The van der Waals surface area contributed by atoms with Gasteiger partial charge < -0.3 is 0 Å². The minimum atomic E-state index is 0.600. The number of nitrogens with one attached hydrogen (secondary N) is 2. The standard InChI is InChI=1S/C12H22N2/c1-2-12-13-10-6-5-9(8-3-4-8)7-11(10)14-12/h8-14H,2-7H2,1H3. The second-order valence-corrected chi connectivity index (χ2v) is 5.42. The Morgan fingerprint density at radius 2 is 1.64 bits per heavy atom. The summed E-state index contributed by atoms with van der Waals surface area (Å²) in [6.07, 6.45) is 9.20. The maximum atomic E-state index is 3.74. The van der Waals surface area contributed by atoms with Crippen LogP contribution in [0, 0.1) is 11.8 Å². The molecule has 2 N–H and O–H groups in total. The van der Waals surface area contributed by atoms with Crippen LogP contribution in [-0.4, -0.2) is 18.2 Å². The second-order valence-electron chi connectivity index (χ2n) is 5.42. The molecule has 2 heteroatoms. The molecule has 1 saturated heterocycles. The first-order chi connectivity index (χ1) is 6.86. The average Bonchev–Trinajstić information content (AvgIpc) is 2.97. The molecule has 3 aliphatic rings. The van der Waals surface area contributed by atoms with E-state index in [2.05, 4.69) is 17.6 Å². The number of rotatable bonds is 2. The van der Waals surface area contributed by atoms with Gasteiger partial charge in [-0.05, 0) is 50.4 Å². The third kappa shape index (κ3) is 1.59. The fourth-order valence-corrected chi connectivity index (χ4v) is 3.38. The lowest BCUT2D eigenvalue weighted by Crippen LogP contribution is -2.40. The summed E-state index contributed by atoms with van der Waals surface area (Å²) in [5.74, 6) is 2.17. The topological polar surface area (TPSA) is 24.1 Å². The smallest absolute Gasteiger partial charge is 0.0574 e. The molecule has 0 bridgehead atoms. The van der Waals surface area contributed by atoms with Crippen molar-refractivity contribution >= 4 is 0 Å². The van der Waals surface area contributed by atoms with Gasteiger partial charge in [0.15, 0.2) is 0 Å². The van der Waals surface area contributed by atoms with E-state index < -0.39 is 0 Å². The first-order valence-electron chi connectivity index (χ1n) is 6.39. The summed E-state index contributed by atoms with van der Waals surface area (Å²) in [4.78, 5) is 0. The molecule has 2 saturated carbocycles. The molecule has 0 amide bonds. The van der Waals surface area contributed by atoms with Gasteiger partial charge in [0.05, 0.1) is 6.17 Å². The summed E-state index contributed by atoms with van der Waals surface area (Å²) in [5.41, 5.74) is 0. The zero-order valence-corrected chi connectivity index (χ0v) is 9.13. The van der Waals surface area contributed by atoms with Crippen molar-refractivity contribution in [3.63, 3.8) is 0 Å². The molecule has 4 unspecified atom stereocenters. The van der Waals surface area contributed by atoms with Gasteiger partial charge in [-0.3, -0.25) is 10.6 Å². The van der Waals surface area contributed by atoms with Crippen LogP contribution in [0.3, 0.4) is 0 Å². The van der Waals surface area contributed by atoms with Crippen molar-refractivity contribution in [1.29, 1.82) is 0 Å². The normalized spacial score (nSPS) is 47.8. The van der Waals surface area contributed by atoms with E-state index in [4.69, 9.17) is 0 Å². The lowest BCUT2D eigenvalue weighted by molar-refractivity contribution is 0.258. The molecule has 0 aromatic carbocycles. The van der Waals surface area contributed by atoms with Gasteiger partial charge >= 0.3 is 0 Å². The molecule has 14 heavy (non-hydrogen) atoms. The summed E-state index contributed by atoms with van der Waals surface area (Å²) in [7, 11) is 0. The minimum Gasteiger partial charge on any atom is -0.298 e. The van der Waals surface area contributed by atoms with Gasteiger partial charge in [0.25, 0.3) is 0 Å². The van der Waals surface area contributed by atoms with E-state index in [1.807, 2.05) is 0 Å². The van der Waals surface area contributed by atoms with Crippen molar-refractivity contribution in [1.82, 2.24) is 10.6 Å². The predicted molar refractivity (Wildman–Crippen MR) is 58.0 cm³/mol. The van der Waals surface area contributed by atoms with Crippen molar-refractivity contribution in [3.8, 4) is 0 Å². The van der Waals surface area contributed by atoms with E-state index in [1.54, 1.807) is 0 Å². The van der Waals surface area contributed by atoms with Gasteiger partial charge in [-0.1, -0.05) is 6.92 Å². The molecule has 3 rings (SSSR count). The summed E-state index contributed by atoms with van der Waals surface area (Å²) >= 11 is 0. The van der Waals surface area contributed by atoms with Gasteiger partial charge in [0.1, 0.15) is 0 Å². The third-order valence-corrected chi connectivity index (χ3v) is 4.42. The third-order valence-electron chi connectivity index (χ3n) is 4.42. The van der Waals surface area contributed by atoms with Crippen molar-refractivity contribution in [3.05, 3.63) is 0 Å². The van der Waals surface area contributed by atoms with Crippen molar-refractivity contribution in [2.24, 2.45) is 11.8 Å². The van der Waals surface area contributed by atoms with E-state index >= 15 is 0 Å². The molecule has 0 radical (unpaired) electrons. The number of hydrogen-bond acceptors (Lipinski definition) is 2. The fourth-order valence-electron chi connectivity index (χ4n) is 3.38. The highest BCUT2D eigenvalue weighted by molar-refractivity contribution is 4.99. The van der Waals surface area contributed by atoms with Crippen molar-refractivity contribution in [2.75, 3.05) is 0 Å². The molecule has 0 aromatic heterocycles. The predicted octanol–water partition coefficient (Wildman–Crippen LogP) is 1.86. The highest BCUT2D eigenvalue weighted by Crippen LogP contribution is 2.44. The molecular weight excluding hydrogens is 172 g/mol. The quantitative estimate of drug-likeness (QED) is 0.701. The maximum Gasteiger partial charge on any atom is 0.0574 e. The Labute approximate surface area is 86.8 Å². The molecule has 2 nitrogen and oxygen atoms in total. The molecule has 1 aliphatic heterocycles. The van der Waals surface area contributed by atoms with Crippen LogP contribution in [0.1, 0.15) is 45.4 Å². The summed E-state index contributed by atoms with van der Waals surface area (Å²) in [6.45, 7) is 2.26. The lowest BCUT2D eigenvalue weighted by atomic mass is 9.80. The molecule has 3 fully saturated rings. The van der Waals surface area contributed by atoms with Crippen LogP contribution in [0.25, 0.3) is 0 Å². The molecule has 1 heterocycles. The van der Waals surface area contributed by atoms with E-state index in [-0.39, 0.29) is 0 Å². The van der Waals surface area contributed by atoms with Gasteiger partial charge in [-0.25, -0.2) is 0 Å². The largest absolute Gasteiger partial charge is 0.298 e. The van der Waals surface area contributed by atoms with Crippen LogP contribution < -0.4 is 10.6 Å². The summed E-state index contributed by atoms with van der Waals surface area (Å²) in [5, 5.41) is 7.46. The zero-order chi connectivity index (χ0) is 9.54. The van der Waals surface area contributed by atoms with Gasteiger partial charge in [-0.2, -0.15) is 0 Å². The van der Waals surface area contributed by atoms with Crippen LogP contribution in [0.2, 0.25) is 0 Å². The van der Waals surface area contributed by atoms with E-state index in [9.17, 15) is 0 Å². The van der Waals surface area contributed by atoms with Crippen LogP contribution in [0.5, 0.6) is 0 Å². The fraction of sp³-hybridized carbons (Fsp3) is 1.00. The first kappa shape index (κ1) is 9.17. The van der Waals surface area contributed by atoms with E-state index in [0.717, 1.165) is 23.9 Å². The van der Waals surface area contributed by atoms with Crippen molar-refractivity contribution < 1.29 is 0 Å². The van der Waals surface area contributed by atoms with Gasteiger partial charge in [0.2, 0.25) is 0 Å². The first-order valence-corrected chi connectivity index (χ1v) is 6.39. The van der Waals surface area contributed by atoms with E-state index in [0.29, 0.717) is 6.17 Å². The van der Waals surface area contributed by atoms with Crippen LogP contribution in [-0.2, 0) is 0 Å². The number of hydrogen-bond donors (Lipinski definition) is 2. The number of fused-ring (bicyclic) bond motifs is 1. The Kier molecular flexibility index (Phi) is 2.29. The maximum absolute atomic E-state index is 3.74. The lowest BCUT2D eigenvalue weighted by Gasteiger charge is -2.31. The van der Waals surface area contributed by atoms with Crippen LogP contribution in [0.15, 0.2) is 0 Å². The Hall–Kier alpha value is -0.0800. The molecule has 0 spiro atoms. The highest BCUT2D eigenvalue weighted by Gasteiger charge is 2.41. The summed E-state index contributed by atoms with van der Waals surface area (Å²) in [6, 6.07) is 1.58. The van der Waals surface area contributed by atoms with Crippen LogP contribution in [0.4, 0.5) is 0 Å². The molecule has 80 valence electrons. The minimum absolute atomic E-state index is 0.600. The average molecular weight is 194 g/mol. The van der Waals surface area contributed by atoms with Gasteiger partial charge in [0, 0.05) is 12.1 Å². The van der Waals surface area contributed by atoms with Crippen LogP contribution >= 0.6 is 0 Å². The summed E-state index contributed by atoms with van der Waals surface area (Å²) < 4.78 is 0. The monoisotopic (exact) mass is 194 g/mol. The Morgan fingerprint density at radius 1 is 0.929 bits per heavy atom.